The smallest absolute Gasteiger partial charge is 0.416 e. The number of nitrogens with zero attached hydrogens (tertiary/aromatic N) is 1. The highest BCUT2D eigenvalue weighted by Crippen LogP contribution is 2.34. The average molecular weight is 531 g/mol. The fourth-order valence-corrected chi connectivity index (χ4v) is 4.76. The number of nitrogens with one attached hydrogen (secondary N) is 1. The van der Waals surface area contributed by atoms with Gasteiger partial charge in [-0.05, 0) is 78.8 Å². The first-order valence-electron chi connectivity index (χ1n) is 12.5. The van der Waals surface area contributed by atoms with Crippen LogP contribution in [0.4, 0.5) is 28.9 Å². The van der Waals surface area contributed by atoms with E-state index in [0.29, 0.717) is 24.3 Å². The van der Waals surface area contributed by atoms with Gasteiger partial charge in [-0.1, -0.05) is 24.3 Å². The van der Waals surface area contributed by atoms with Crippen molar-refractivity contribution < 1.29 is 32.2 Å². The Bertz CT molecular complexity index is 1290. The van der Waals surface area contributed by atoms with Crippen molar-refractivity contribution in [3.8, 4) is 5.75 Å². The molecule has 0 bridgehead atoms. The van der Waals surface area contributed by atoms with Crippen LogP contribution in [0.1, 0.15) is 40.7 Å². The van der Waals surface area contributed by atoms with E-state index in [9.17, 15) is 22.4 Å². The van der Waals surface area contributed by atoms with Gasteiger partial charge in [-0.3, -0.25) is 4.79 Å². The molecule has 2 N–H and O–H groups in total. The van der Waals surface area contributed by atoms with E-state index in [1.54, 1.807) is 12.1 Å². The number of carboxylic acids is 1. The van der Waals surface area contributed by atoms with Crippen LogP contribution in [0.5, 0.6) is 5.75 Å². The molecule has 3 aromatic rings. The van der Waals surface area contributed by atoms with Gasteiger partial charge >= 0.3 is 12.1 Å². The lowest BCUT2D eigenvalue weighted by molar-refractivity contribution is -0.138. The van der Waals surface area contributed by atoms with Gasteiger partial charge < -0.3 is 20.1 Å². The summed E-state index contributed by atoms with van der Waals surface area (Å²) < 4.78 is 59.0. The van der Waals surface area contributed by atoms with Gasteiger partial charge in [0.2, 0.25) is 0 Å². The second-order valence-electron chi connectivity index (χ2n) is 9.38. The maximum atomic E-state index is 14.4. The molecule has 0 aromatic heterocycles. The van der Waals surface area contributed by atoms with Crippen molar-refractivity contribution in [2.24, 2.45) is 0 Å². The van der Waals surface area contributed by atoms with Crippen LogP contribution in [0.2, 0.25) is 0 Å². The lowest BCUT2D eigenvalue weighted by Gasteiger charge is -2.33. The molecule has 0 atom stereocenters. The van der Waals surface area contributed by atoms with Crippen molar-refractivity contribution in [2.75, 3.05) is 29.9 Å². The predicted octanol–water partition coefficient (Wildman–Crippen LogP) is 6.61. The summed E-state index contributed by atoms with van der Waals surface area (Å²) in [6.07, 6.45) is -2.49. The fraction of sp³-hybridized carbons (Fsp3) is 0.345. The van der Waals surface area contributed by atoms with Gasteiger partial charge in [0.1, 0.15) is 18.2 Å². The summed E-state index contributed by atoms with van der Waals surface area (Å²) in [5.74, 6) is -1.22. The van der Waals surface area contributed by atoms with E-state index in [1.807, 2.05) is 6.92 Å². The summed E-state index contributed by atoms with van der Waals surface area (Å²) in [5, 5.41) is 12.1. The second-order valence-corrected chi connectivity index (χ2v) is 9.38. The molecule has 9 heteroatoms. The zero-order chi connectivity index (χ0) is 27.3. The summed E-state index contributed by atoms with van der Waals surface area (Å²) in [4.78, 5) is 13.0. The monoisotopic (exact) mass is 530 g/mol. The fourth-order valence-electron chi connectivity index (χ4n) is 4.76. The molecule has 0 unspecified atom stereocenters. The van der Waals surface area contributed by atoms with Gasteiger partial charge in [0, 0.05) is 30.9 Å². The molecule has 0 spiro atoms. The number of fused-ring (bicyclic) bond motifs is 1. The number of alkyl halides is 3. The first kappa shape index (κ1) is 27.3. The summed E-state index contributed by atoms with van der Waals surface area (Å²) in [6.45, 7) is 4.11. The predicted molar refractivity (Wildman–Crippen MR) is 138 cm³/mol. The third-order valence-electron chi connectivity index (χ3n) is 6.75. The van der Waals surface area contributed by atoms with Crippen molar-refractivity contribution >= 4 is 17.3 Å². The molecule has 4 rings (SSSR count). The molecule has 202 valence electrons. The van der Waals surface area contributed by atoms with Crippen molar-refractivity contribution in [3.05, 3.63) is 88.2 Å². The lowest BCUT2D eigenvalue weighted by atomic mass is 9.94. The Morgan fingerprint density at radius 2 is 1.89 bits per heavy atom. The first-order chi connectivity index (χ1) is 18.1. The number of carbonyl (C=O) groups is 1. The minimum Gasteiger partial charge on any atom is -0.492 e. The quantitative estimate of drug-likeness (QED) is 0.289. The number of anilines is 2. The minimum atomic E-state index is -4.42. The molecule has 3 aromatic carbocycles. The van der Waals surface area contributed by atoms with E-state index in [1.165, 1.54) is 23.8 Å². The highest BCUT2D eigenvalue weighted by molar-refractivity contribution is 5.67. The number of hydrogen-bond acceptors (Lipinski definition) is 4. The molecule has 0 fully saturated rings. The highest BCUT2D eigenvalue weighted by Gasteiger charge is 2.30. The molecule has 0 aliphatic carbocycles. The van der Waals surface area contributed by atoms with Crippen LogP contribution in [-0.4, -0.2) is 30.8 Å². The Balaban J connectivity index is 1.41. The summed E-state index contributed by atoms with van der Waals surface area (Å²) in [7, 11) is 0. The van der Waals surface area contributed by atoms with Gasteiger partial charge in [0.05, 0.1) is 12.1 Å². The van der Waals surface area contributed by atoms with Crippen LogP contribution in [-0.2, 0) is 30.4 Å². The van der Waals surface area contributed by atoms with Gasteiger partial charge in [-0.15, -0.1) is 0 Å². The molecule has 38 heavy (non-hydrogen) atoms. The zero-order valence-corrected chi connectivity index (χ0v) is 21.1. The molecule has 0 amide bonds. The lowest BCUT2D eigenvalue weighted by Crippen LogP contribution is -2.34. The van der Waals surface area contributed by atoms with Gasteiger partial charge in [-0.25, -0.2) is 4.39 Å². The minimum absolute atomic E-state index is 0.125. The molecular formula is C29H30F4N2O3. The maximum Gasteiger partial charge on any atom is 0.416 e. The van der Waals surface area contributed by atoms with Crippen LogP contribution in [0.25, 0.3) is 0 Å². The normalized spacial score (nSPS) is 13.2. The summed E-state index contributed by atoms with van der Waals surface area (Å²) in [5.41, 5.74) is 4.69. The van der Waals surface area contributed by atoms with Crippen LogP contribution in [0.3, 0.4) is 0 Å². The van der Waals surface area contributed by atoms with E-state index in [0.717, 1.165) is 48.3 Å². The second kappa shape index (κ2) is 11.8. The van der Waals surface area contributed by atoms with E-state index in [4.69, 9.17) is 9.84 Å². The Kier molecular flexibility index (Phi) is 8.44. The summed E-state index contributed by atoms with van der Waals surface area (Å²) >= 11 is 0. The Hall–Kier alpha value is -3.75. The third-order valence-corrected chi connectivity index (χ3v) is 6.75. The topological polar surface area (TPSA) is 61.8 Å². The number of carboxylic acid groups (broad SMARTS) is 1. The standard InChI is InChI=1S/C29H30F4N2O3/c1-19-22(18-34-24-11-9-20(26(30)17-24)10-12-27(36)37)8-7-21-4-3-13-35(28(19)21)14-15-38-25-6-2-5-23(16-25)29(31,32)33/h2,5-9,11,16-17,34H,3-4,10,12-15,18H2,1H3,(H,36,37). The first-order valence-corrected chi connectivity index (χ1v) is 12.5. The van der Waals surface area contributed by atoms with E-state index in [2.05, 4.69) is 22.3 Å². The summed E-state index contributed by atoms with van der Waals surface area (Å²) in [6, 6.07) is 13.8. The van der Waals surface area contributed by atoms with E-state index in [-0.39, 0.29) is 25.2 Å². The number of halogens is 4. The molecule has 0 radical (unpaired) electrons. The van der Waals surface area contributed by atoms with Gasteiger partial charge in [0.25, 0.3) is 0 Å². The van der Waals surface area contributed by atoms with Crippen LogP contribution >= 0.6 is 0 Å². The molecule has 0 saturated heterocycles. The molecular weight excluding hydrogens is 500 g/mol. The van der Waals surface area contributed by atoms with E-state index < -0.39 is 23.5 Å². The number of ether oxygens (including phenoxy) is 1. The maximum absolute atomic E-state index is 14.4. The molecule has 1 aliphatic heterocycles. The van der Waals surface area contributed by atoms with Crippen LogP contribution in [0.15, 0.2) is 54.6 Å². The molecule has 0 saturated carbocycles. The number of hydrogen-bond donors (Lipinski definition) is 2. The largest absolute Gasteiger partial charge is 0.492 e. The number of rotatable bonds is 10. The Labute approximate surface area is 219 Å². The average Bonchev–Trinajstić information content (AvgIpc) is 2.87. The van der Waals surface area contributed by atoms with Crippen LogP contribution in [0, 0.1) is 12.7 Å². The number of aryl methyl sites for hydroxylation is 2. The SMILES string of the molecule is Cc1c(CNc2ccc(CCC(=O)O)c(F)c2)ccc2c1N(CCOc1cccc(C(F)(F)F)c1)CCC2. The Morgan fingerprint density at radius 3 is 2.63 bits per heavy atom. The molecule has 1 aliphatic rings. The zero-order valence-electron chi connectivity index (χ0n) is 21.1. The van der Waals surface area contributed by atoms with Gasteiger partial charge in [-0.2, -0.15) is 13.2 Å². The van der Waals surface area contributed by atoms with E-state index >= 15 is 0 Å². The number of benzene rings is 3. The third kappa shape index (κ3) is 6.76. The van der Waals surface area contributed by atoms with Crippen LogP contribution < -0.4 is 15.0 Å². The van der Waals surface area contributed by atoms with Gasteiger partial charge in [0.15, 0.2) is 0 Å². The Morgan fingerprint density at radius 1 is 1.11 bits per heavy atom. The van der Waals surface area contributed by atoms with Crippen molar-refractivity contribution in [1.29, 1.82) is 0 Å². The number of aliphatic carboxylic acids is 1. The molecule has 5 nitrogen and oxygen atoms in total. The van der Waals surface area contributed by atoms with Crippen molar-refractivity contribution in [2.45, 2.75) is 45.3 Å². The van der Waals surface area contributed by atoms with Crippen molar-refractivity contribution in [3.63, 3.8) is 0 Å². The highest BCUT2D eigenvalue weighted by atomic mass is 19.4. The molecule has 1 heterocycles. The van der Waals surface area contributed by atoms with Crippen molar-refractivity contribution in [1.82, 2.24) is 0 Å².